The Bertz CT molecular complexity index is 726. The summed E-state index contributed by atoms with van der Waals surface area (Å²) < 4.78 is 6.44. The van der Waals surface area contributed by atoms with Gasteiger partial charge in [0, 0.05) is 30.7 Å². The largest absolute Gasteiger partial charge is 0.484 e. The molecule has 0 saturated carbocycles. The minimum Gasteiger partial charge on any atom is -0.484 e. The number of carbonyl (C=O) groups excluding carboxylic acids is 1. The lowest BCUT2D eigenvalue weighted by molar-refractivity contribution is -0.123. The first kappa shape index (κ1) is 19.9. The van der Waals surface area contributed by atoms with E-state index in [9.17, 15) is 9.90 Å². The molecule has 1 amide bonds. The van der Waals surface area contributed by atoms with E-state index in [2.05, 4.69) is 38.3 Å². The zero-order valence-electron chi connectivity index (χ0n) is 15.2. The number of piperidine rings is 1. The molecule has 1 saturated heterocycles. The summed E-state index contributed by atoms with van der Waals surface area (Å²) in [5.41, 5.74) is 2.31. The van der Waals surface area contributed by atoms with Crippen LogP contribution in [0.15, 0.2) is 53.0 Å². The summed E-state index contributed by atoms with van der Waals surface area (Å²) in [6.45, 7) is 3.27. The highest BCUT2D eigenvalue weighted by molar-refractivity contribution is 9.10. The van der Waals surface area contributed by atoms with E-state index in [1.807, 2.05) is 36.4 Å². The second kappa shape index (κ2) is 9.88. The standard InChI is InChI=1S/C21H25BrN2O3/c22-18-5-7-20(8-6-18)27-15-21(26)23-13-16-1-3-17(4-2-16)14-24-11-9-19(25)10-12-24/h1-8,19,25H,9-15H2,(H,23,26). The van der Waals surface area contributed by atoms with Crippen LogP contribution in [-0.2, 0) is 17.9 Å². The van der Waals surface area contributed by atoms with Gasteiger partial charge in [0.1, 0.15) is 5.75 Å². The van der Waals surface area contributed by atoms with Crippen LogP contribution in [0.5, 0.6) is 5.75 Å². The number of carbonyl (C=O) groups is 1. The van der Waals surface area contributed by atoms with Gasteiger partial charge in [0.05, 0.1) is 6.10 Å². The average Bonchev–Trinajstić information content (AvgIpc) is 2.69. The lowest BCUT2D eigenvalue weighted by atomic mass is 10.1. The number of nitrogens with zero attached hydrogens (tertiary/aromatic N) is 1. The van der Waals surface area contributed by atoms with Crippen molar-refractivity contribution in [3.63, 3.8) is 0 Å². The Morgan fingerprint density at radius 3 is 2.37 bits per heavy atom. The molecule has 2 N–H and O–H groups in total. The summed E-state index contributed by atoms with van der Waals surface area (Å²) >= 11 is 3.36. The molecule has 1 heterocycles. The Morgan fingerprint density at radius 2 is 1.70 bits per heavy atom. The van der Waals surface area contributed by atoms with Gasteiger partial charge in [-0.3, -0.25) is 9.69 Å². The van der Waals surface area contributed by atoms with Gasteiger partial charge in [-0.1, -0.05) is 40.2 Å². The molecule has 0 atom stereocenters. The van der Waals surface area contributed by atoms with Crippen molar-refractivity contribution >= 4 is 21.8 Å². The molecule has 144 valence electrons. The summed E-state index contributed by atoms with van der Waals surface area (Å²) in [6.07, 6.45) is 1.57. The van der Waals surface area contributed by atoms with Gasteiger partial charge in [0.15, 0.2) is 6.61 Å². The number of halogens is 1. The van der Waals surface area contributed by atoms with Gasteiger partial charge in [-0.15, -0.1) is 0 Å². The minimum absolute atomic E-state index is 0.000523. The lowest BCUT2D eigenvalue weighted by Gasteiger charge is -2.29. The quantitative estimate of drug-likeness (QED) is 0.705. The number of hydrogen-bond donors (Lipinski definition) is 2. The van der Waals surface area contributed by atoms with Crippen LogP contribution in [-0.4, -0.2) is 41.7 Å². The Labute approximate surface area is 168 Å². The highest BCUT2D eigenvalue weighted by atomic mass is 79.9. The van der Waals surface area contributed by atoms with Crippen molar-refractivity contribution in [2.75, 3.05) is 19.7 Å². The molecule has 2 aromatic carbocycles. The maximum atomic E-state index is 11.9. The minimum atomic E-state index is -0.145. The van der Waals surface area contributed by atoms with Gasteiger partial charge in [-0.05, 0) is 48.2 Å². The fourth-order valence-corrected chi connectivity index (χ4v) is 3.29. The van der Waals surface area contributed by atoms with E-state index in [0.29, 0.717) is 12.3 Å². The number of amides is 1. The Morgan fingerprint density at radius 1 is 1.07 bits per heavy atom. The van der Waals surface area contributed by atoms with Crippen LogP contribution in [0.1, 0.15) is 24.0 Å². The first-order chi connectivity index (χ1) is 13.1. The summed E-state index contributed by atoms with van der Waals surface area (Å²) in [5.74, 6) is 0.525. The fourth-order valence-electron chi connectivity index (χ4n) is 3.03. The molecule has 1 aliphatic rings. The number of ether oxygens (including phenoxy) is 1. The summed E-state index contributed by atoms with van der Waals surface area (Å²) in [5, 5.41) is 12.5. The Hall–Kier alpha value is -1.89. The molecule has 1 fully saturated rings. The number of aliphatic hydroxyl groups is 1. The van der Waals surface area contributed by atoms with Gasteiger partial charge in [-0.2, -0.15) is 0 Å². The molecule has 2 aromatic rings. The topological polar surface area (TPSA) is 61.8 Å². The van der Waals surface area contributed by atoms with Gasteiger partial charge in [0.25, 0.3) is 5.91 Å². The van der Waals surface area contributed by atoms with Crippen LogP contribution in [0.2, 0.25) is 0 Å². The molecule has 0 aliphatic carbocycles. The third kappa shape index (κ3) is 6.65. The molecule has 3 rings (SSSR count). The maximum absolute atomic E-state index is 11.9. The molecule has 6 heteroatoms. The molecular weight excluding hydrogens is 408 g/mol. The highest BCUT2D eigenvalue weighted by Gasteiger charge is 2.16. The molecule has 5 nitrogen and oxygen atoms in total. The number of nitrogens with one attached hydrogen (secondary N) is 1. The monoisotopic (exact) mass is 432 g/mol. The third-order valence-electron chi connectivity index (χ3n) is 4.66. The second-order valence-corrected chi connectivity index (χ2v) is 7.76. The number of hydrogen-bond acceptors (Lipinski definition) is 4. The third-order valence-corrected chi connectivity index (χ3v) is 5.19. The molecule has 0 spiro atoms. The van der Waals surface area contributed by atoms with Gasteiger partial charge in [0.2, 0.25) is 0 Å². The zero-order valence-corrected chi connectivity index (χ0v) is 16.8. The fraction of sp³-hybridized carbons (Fsp3) is 0.381. The lowest BCUT2D eigenvalue weighted by Crippen LogP contribution is -2.35. The van der Waals surface area contributed by atoms with E-state index in [4.69, 9.17) is 4.74 Å². The van der Waals surface area contributed by atoms with E-state index >= 15 is 0 Å². The number of benzene rings is 2. The van der Waals surface area contributed by atoms with Crippen molar-refractivity contribution in [1.29, 1.82) is 0 Å². The van der Waals surface area contributed by atoms with E-state index in [1.165, 1.54) is 5.56 Å². The molecule has 0 aromatic heterocycles. The van der Waals surface area contributed by atoms with Crippen LogP contribution < -0.4 is 10.1 Å². The molecule has 27 heavy (non-hydrogen) atoms. The molecule has 1 aliphatic heterocycles. The Balaban J connectivity index is 1.39. The van der Waals surface area contributed by atoms with E-state index in [1.54, 1.807) is 0 Å². The van der Waals surface area contributed by atoms with Crippen molar-refractivity contribution in [2.24, 2.45) is 0 Å². The predicted molar refractivity (Wildman–Crippen MR) is 108 cm³/mol. The van der Waals surface area contributed by atoms with Crippen LogP contribution in [0.4, 0.5) is 0 Å². The predicted octanol–water partition coefficient (Wildman–Crippen LogP) is 3.10. The summed E-state index contributed by atoms with van der Waals surface area (Å²) in [4.78, 5) is 14.3. The van der Waals surface area contributed by atoms with Crippen molar-refractivity contribution in [3.05, 3.63) is 64.1 Å². The first-order valence-electron chi connectivity index (χ1n) is 9.22. The summed E-state index contributed by atoms with van der Waals surface area (Å²) in [7, 11) is 0. The smallest absolute Gasteiger partial charge is 0.258 e. The maximum Gasteiger partial charge on any atom is 0.258 e. The van der Waals surface area contributed by atoms with Gasteiger partial charge >= 0.3 is 0 Å². The SMILES string of the molecule is O=C(COc1ccc(Br)cc1)NCc1ccc(CN2CCC(O)CC2)cc1. The van der Waals surface area contributed by atoms with E-state index in [-0.39, 0.29) is 18.6 Å². The number of likely N-dealkylation sites (tertiary alicyclic amines) is 1. The normalized spacial score (nSPS) is 15.5. The molecule has 0 bridgehead atoms. The van der Waals surface area contributed by atoms with Crippen molar-refractivity contribution in [2.45, 2.75) is 32.0 Å². The molecule has 0 unspecified atom stereocenters. The molecule has 0 radical (unpaired) electrons. The Kier molecular flexibility index (Phi) is 7.26. The second-order valence-electron chi connectivity index (χ2n) is 6.84. The van der Waals surface area contributed by atoms with E-state index in [0.717, 1.165) is 42.5 Å². The van der Waals surface area contributed by atoms with Gasteiger partial charge < -0.3 is 15.2 Å². The average molecular weight is 433 g/mol. The highest BCUT2D eigenvalue weighted by Crippen LogP contribution is 2.16. The summed E-state index contributed by atoms with van der Waals surface area (Å²) in [6, 6.07) is 15.7. The van der Waals surface area contributed by atoms with Crippen LogP contribution in [0.3, 0.4) is 0 Å². The van der Waals surface area contributed by atoms with Crippen molar-refractivity contribution in [3.8, 4) is 5.75 Å². The number of rotatable bonds is 7. The van der Waals surface area contributed by atoms with Gasteiger partial charge in [-0.25, -0.2) is 0 Å². The van der Waals surface area contributed by atoms with Crippen LogP contribution in [0.25, 0.3) is 0 Å². The first-order valence-corrected chi connectivity index (χ1v) is 10.0. The van der Waals surface area contributed by atoms with Crippen molar-refractivity contribution in [1.82, 2.24) is 10.2 Å². The van der Waals surface area contributed by atoms with Crippen LogP contribution in [0, 0.1) is 0 Å². The van der Waals surface area contributed by atoms with Crippen LogP contribution >= 0.6 is 15.9 Å². The zero-order chi connectivity index (χ0) is 19.1. The van der Waals surface area contributed by atoms with Crippen molar-refractivity contribution < 1.29 is 14.6 Å². The van der Waals surface area contributed by atoms with E-state index < -0.39 is 0 Å². The number of aliphatic hydroxyl groups excluding tert-OH is 1. The molecular formula is C21H25BrN2O3.